The topological polar surface area (TPSA) is 143 Å². The summed E-state index contributed by atoms with van der Waals surface area (Å²) in [4.78, 5) is 36.6. The number of hydrogen-bond donors (Lipinski definition) is 5. The zero-order valence-corrected chi connectivity index (χ0v) is 16.5. The summed E-state index contributed by atoms with van der Waals surface area (Å²) in [5, 5.41) is 5.91. The molecule has 29 heavy (non-hydrogen) atoms. The van der Waals surface area contributed by atoms with Crippen molar-refractivity contribution in [2.75, 3.05) is 24.9 Å². The number of aromatic nitrogens is 2. The molecule has 0 saturated heterocycles. The summed E-state index contributed by atoms with van der Waals surface area (Å²) >= 11 is 0. The third kappa shape index (κ3) is 5.04. The largest absolute Gasteiger partial charge is 0.453 e. The van der Waals surface area contributed by atoms with Gasteiger partial charge in [-0.2, -0.15) is 0 Å². The number of H-pyrrole nitrogens is 1. The van der Waals surface area contributed by atoms with Crippen molar-refractivity contribution >= 4 is 23.4 Å². The van der Waals surface area contributed by atoms with Crippen LogP contribution in [-0.4, -0.2) is 42.2 Å². The zero-order valence-electron chi connectivity index (χ0n) is 16.5. The van der Waals surface area contributed by atoms with Crippen LogP contribution in [0.3, 0.4) is 0 Å². The van der Waals surface area contributed by atoms with E-state index in [4.69, 9.17) is 10.6 Å². The molecule has 10 nitrogen and oxygen atoms in total. The first-order chi connectivity index (χ1) is 14.0. The Morgan fingerprint density at radius 2 is 2.03 bits per heavy atom. The van der Waals surface area contributed by atoms with Crippen molar-refractivity contribution in [3.63, 3.8) is 0 Å². The summed E-state index contributed by atoms with van der Waals surface area (Å²) < 4.78 is 4.65. The van der Waals surface area contributed by atoms with Gasteiger partial charge in [0, 0.05) is 16.9 Å². The van der Waals surface area contributed by atoms with Crippen molar-refractivity contribution in [2.45, 2.75) is 37.8 Å². The van der Waals surface area contributed by atoms with Gasteiger partial charge in [-0.1, -0.05) is 12.8 Å². The van der Waals surface area contributed by atoms with E-state index in [1.54, 1.807) is 18.3 Å². The van der Waals surface area contributed by atoms with E-state index in [1.165, 1.54) is 14.2 Å². The normalized spacial score (nSPS) is 19.0. The Hall–Kier alpha value is -3.11. The first-order valence-electron chi connectivity index (χ1n) is 9.41. The minimum atomic E-state index is -0.582. The van der Waals surface area contributed by atoms with Gasteiger partial charge in [0.1, 0.15) is 11.9 Å². The monoisotopic (exact) mass is 402 g/mol. The molecule has 2 aromatic rings. The first kappa shape index (κ1) is 20.6. The second kappa shape index (κ2) is 9.39. The number of methoxy groups -OCH3 is 1. The number of nitrogens with zero attached hydrogens (tertiary/aromatic N) is 1. The van der Waals surface area contributed by atoms with Crippen molar-refractivity contribution in [3.8, 4) is 11.3 Å². The molecule has 0 spiro atoms. The highest BCUT2D eigenvalue weighted by Gasteiger charge is 2.22. The van der Waals surface area contributed by atoms with Crippen LogP contribution in [0.2, 0.25) is 0 Å². The number of nitrogens with two attached hydrogens (primary N) is 1. The number of amides is 2. The van der Waals surface area contributed by atoms with Crippen LogP contribution in [0.1, 0.15) is 37.5 Å². The number of anilines is 2. The van der Waals surface area contributed by atoms with E-state index in [2.05, 4.69) is 30.8 Å². The predicted octanol–water partition coefficient (Wildman–Crippen LogP) is 2.29. The molecule has 1 aliphatic heterocycles. The molecule has 0 aliphatic carbocycles. The number of carbonyl (C=O) groups excluding carboxylic acids is 2. The second-order valence-corrected chi connectivity index (χ2v) is 6.82. The summed E-state index contributed by atoms with van der Waals surface area (Å²) in [6.07, 6.45) is 4.14. The van der Waals surface area contributed by atoms with E-state index < -0.39 is 12.1 Å². The number of hydrogen-bond acceptors (Lipinski definition) is 7. The average molecular weight is 402 g/mol. The Bertz CT molecular complexity index is 868. The smallest absolute Gasteiger partial charge is 0.411 e. The van der Waals surface area contributed by atoms with Gasteiger partial charge in [0.05, 0.1) is 32.2 Å². The lowest BCUT2D eigenvalue weighted by Gasteiger charge is -2.22. The molecule has 0 unspecified atom stereocenters. The number of ether oxygens (including phenoxy) is 1. The molecule has 0 radical (unpaired) electrons. The van der Waals surface area contributed by atoms with Crippen molar-refractivity contribution in [3.05, 3.63) is 30.2 Å². The Kier molecular flexibility index (Phi) is 6.68. The van der Waals surface area contributed by atoms with Crippen LogP contribution in [0, 0.1) is 0 Å². The third-order valence-electron chi connectivity index (χ3n) is 4.80. The zero-order chi connectivity index (χ0) is 20.8. The van der Waals surface area contributed by atoms with E-state index in [9.17, 15) is 9.59 Å². The number of aromatic amines is 1. The second-order valence-electron chi connectivity index (χ2n) is 6.82. The minimum absolute atomic E-state index is 0.203. The van der Waals surface area contributed by atoms with E-state index in [0.29, 0.717) is 17.8 Å². The molecule has 2 atom stereocenters. The van der Waals surface area contributed by atoms with Gasteiger partial charge < -0.3 is 20.8 Å². The lowest BCUT2D eigenvalue weighted by atomic mass is 10.0. The molecule has 2 heterocycles. The molecule has 0 saturated carbocycles. The highest BCUT2D eigenvalue weighted by molar-refractivity contribution is 5.90. The van der Waals surface area contributed by atoms with Crippen LogP contribution in [0.15, 0.2) is 24.4 Å². The van der Waals surface area contributed by atoms with Gasteiger partial charge >= 0.3 is 6.09 Å². The summed E-state index contributed by atoms with van der Waals surface area (Å²) in [5.41, 5.74) is 11.4. The average Bonchev–Trinajstić information content (AvgIpc) is 3.19. The molecule has 2 bridgehead atoms. The van der Waals surface area contributed by atoms with Crippen LogP contribution in [0.5, 0.6) is 0 Å². The van der Waals surface area contributed by atoms with Gasteiger partial charge in [0.25, 0.3) is 5.91 Å². The van der Waals surface area contributed by atoms with E-state index in [-0.39, 0.29) is 11.9 Å². The summed E-state index contributed by atoms with van der Waals surface area (Å²) in [6, 6.07) is 4.58. The number of fused-ring (bicyclic) bond motifs is 4. The Balaban J connectivity index is 2.02. The maximum atomic E-state index is 12.5. The maximum Gasteiger partial charge on any atom is 0.411 e. The first-order valence-corrected chi connectivity index (χ1v) is 9.41. The van der Waals surface area contributed by atoms with E-state index in [0.717, 1.165) is 36.3 Å². The number of hydroxylamine groups is 1. The van der Waals surface area contributed by atoms with Crippen LogP contribution in [0.25, 0.3) is 11.3 Å². The van der Waals surface area contributed by atoms with Crippen LogP contribution >= 0.6 is 0 Å². The fourth-order valence-corrected chi connectivity index (χ4v) is 3.28. The molecule has 3 rings (SSSR count). The standard InChI is InChI=1S/C19H26N6O4/c1-28-19(27)22-11-7-8-12-15(9-11)23-14(18(26)25-29-2)6-4-3-5-13(20)17-21-10-16(12)24-17/h7-10,13-14,23H,3-6,20H2,1-2H3,(H,21,24)(H,22,27)(H,25,26)/t13-,14+/m0/s1. The molecule has 1 aliphatic rings. The van der Waals surface area contributed by atoms with Crippen molar-refractivity contribution in [1.82, 2.24) is 15.4 Å². The van der Waals surface area contributed by atoms with Gasteiger partial charge in [-0.25, -0.2) is 15.3 Å². The molecule has 0 fully saturated rings. The third-order valence-corrected chi connectivity index (χ3v) is 4.80. The minimum Gasteiger partial charge on any atom is -0.453 e. The number of rotatable bonds is 3. The maximum absolute atomic E-state index is 12.5. The lowest BCUT2D eigenvalue weighted by molar-refractivity contribution is -0.132. The molecular formula is C19H26N6O4. The lowest BCUT2D eigenvalue weighted by Crippen LogP contribution is -2.39. The highest BCUT2D eigenvalue weighted by Crippen LogP contribution is 2.32. The Labute approximate surface area is 168 Å². The fourth-order valence-electron chi connectivity index (χ4n) is 3.28. The van der Waals surface area contributed by atoms with Crippen molar-refractivity contribution < 1.29 is 19.2 Å². The van der Waals surface area contributed by atoms with Gasteiger partial charge in [0.2, 0.25) is 0 Å². The molecule has 6 N–H and O–H groups in total. The Morgan fingerprint density at radius 1 is 1.24 bits per heavy atom. The molecule has 2 amide bonds. The van der Waals surface area contributed by atoms with Crippen molar-refractivity contribution in [1.29, 1.82) is 0 Å². The molecule has 1 aromatic heterocycles. The van der Waals surface area contributed by atoms with Gasteiger partial charge in [0.15, 0.2) is 0 Å². The molecule has 156 valence electrons. The summed E-state index contributed by atoms with van der Waals surface area (Å²) in [7, 11) is 2.69. The van der Waals surface area contributed by atoms with Crippen LogP contribution in [-0.2, 0) is 14.4 Å². The number of carbonyl (C=O) groups is 2. The quantitative estimate of drug-likeness (QED) is 0.496. The van der Waals surface area contributed by atoms with E-state index in [1.807, 2.05) is 6.07 Å². The predicted molar refractivity (Wildman–Crippen MR) is 108 cm³/mol. The number of nitrogens with one attached hydrogen (secondary N) is 4. The van der Waals surface area contributed by atoms with Crippen molar-refractivity contribution in [2.24, 2.45) is 5.73 Å². The van der Waals surface area contributed by atoms with Crippen LogP contribution < -0.4 is 21.8 Å². The van der Waals surface area contributed by atoms with E-state index >= 15 is 0 Å². The summed E-state index contributed by atoms with van der Waals surface area (Å²) in [6.45, 7) is 0. The summed E-state index contributed by atoms with van der Waals surface area (Å²) in [5.74, 6) is 0.438. The highest BCUT2D eigenvalue weighted by atomic mass is 16.6. The van der Waals surface area contributed by atoms with Gasteiger partial charge in [-0.15, -0.1) is 0 Å². The SMILES string of the molecule is CONC(=O)[C@H]1CCCC[C@H](N)c2ncc([nH]2)-c2ccc(NC(=O)OC)cc2N1. The number of benzene rings is 1. The molecule has 1 aromatic carbocycles. The molecular weight excluding hydrogens is 376 g/mol. The number of imidazole rings is 1. The molecule has 10 heteroatoms. The van der Waals surface area contributed by atoms with Crippen LogP contribution in [0.4, 0.5) is 16.2 Å². The van der Waals surface area contributed by atoms with Gasteiger partial charge in [-0.3, -0.25) is 14.9 Å². The van der Waals surface area contributed by atoms with Gasteiger partial charge in [-0.05, 0) is 31.0 Å². The fraction of sp³-hybridized carbons (Fsp3) is 0.421. The Morgan fingerprint density at radius 3 is 2.79 bits per heavy atom.